The lowest BCUT2D eigenvalue weighted by Crippen LogP contribution is -2.56. The summed E-state index contributed by atoms with van der Waals surface area (Å²) >= 11 is 0. The van der Waals surface area contributed by atoms with Crippen molar-refractivity contribution in [2.75, 3.05) is 39.3 Å². The van der Waals surface area contributed by atoms with E-state index in [9.17, 15) is 13.6 Å². The first-order chi connectivity index (χ1) is 10.6. The van der Waals surface area contributed by atoms with Crippen LogP contribution in [0.2, 0.25) is 0 Å². The number of rotatable bonds is 3. The Hall–Kier alpha value is -1.24. The van der Waals surface area contributed by atoms with Crippen LogP contribution in [0.4, 0.5) is 8.78 Å². The van der Waals surface area contributed by atoms with Crippen molar-refractivity contribution < 1.29 is 13.6 Å². The Morgan fingerprint density at radius 2 is 1.87 bits per heavy atom. The minimum absolute atomic E-state index is 0. The number of amides is 1. The molecule has 2 aliphatic heterocycles. The number of halogens is 3. The fourth-order valence-electron chi connectivity index (χ4n) is 3.09. The van der Waals surface area contributed by atoms with Crippen LogP contribution < -0.4 is 5.32 Å². The second kappa shape index (κ2) is 7.55. The van der Waals surface area contributed by atoms with Gasteiger partial charge in [0.1, 0.15) is 11.6 Å². The van der Waals surface area contributed by atoms with Crippen molar-refractivity contribution in [2.45, 2.75) is 13.0 Å². The number of hydrogen-bond donors (Lipinski definition) is 1. The van der Waals surface area contributed by atoms with Crippen LogP contribution in [0.25, 0.3) is 0 Å². The molecule has 0 aromatic heterocycles. The van der Waals surface area contributed by atoms with Crippen molar-refractivity contribution in [1.29, 1.82) is 0 Å². The summed E-state index contributed by atoms with van der Waals surface area (Å²) in [6.45, 7) is 6.23. The van der Waals surface area contributed by atoms with E-state index in [0.717, 1.165) is 19.2 Å². The number of piperazine rings is 1. The van der Waals surface area contributed by atoms with Crippen LogP contribution in [0.15, 0.2) is 18.2 Å². The first-order valence-corrected chi connectivity index (χ1v) is 7.75. The second-order valence-corrected chi connectivity index (χ2v) is 6.06. The monoisotopic (exact) mass is 345 g/mol. The Labute approximate surface area is 141 Å². The molecule has 128 valence electrons. The summed E-state index contributed by atoms with van der Waals surface area (Å²) < 4.78 is 26.9. The van der Waals surface area contributed by atoms with E-state index in [1.165, 1.54) is 12.1 Å². The largest absolute Gasteiger partial charge is 0.340 e. The standard InChI is InChI=1S/C16H21F2N3O.ClH/c1-11(14-3-2-13(17)8-15(14)18)20-4-6-21(7-5-20)16(22)12-9-19-10-12;/h2-3,8,11-12,19H,4-7,9-10H2,1H3;1H. The Morgan fingerprint density at radius 1 is 1.22 bits per heavy atom. The summed E-state index contributed by atoms with van der Waals surface area (Å²) in [6.07, 6.45) is 0. The zero-order valence-corrected chi connectivity index (χ0v) is 13.9. The van der Waals surface area contributed by atoms with E-state index in [4.69, 9.17) is 0 Å². The van der Waals surface area contributed by atoms with Gasteiger partial charge in [0.2, 0.25) is 5.91 Å². The molecule has 1 N–H and O–H groups in total. The molecule has 23 heavy (non-hydrogen) atoms. The Balaban J connectivity index is 0.00000192. The summed E-state index contributed by atoms with van der Waals surface area (Å²) in [5.41, 5.74) is 0.504. The zero-order valence-electron chi connectivity index (χ0n) is 13.1. The van der Waals surface area contributed by atoms with E-state index < -0.39 is 11.6 Å². The highest BCUT2D eigenvalue weighted by atomic mass is 35.5. The second-order valence-electron chi connectivity index (χ2n) is 6.06. The summed E-state index contributed by atoms with van der Waals surface area (Å²) in [7, 11) is 0. The minimum Gasteiger partial charge on any atom is -0.340 e. The third-order valence-corrected chi connectivity index (χ3v) is 4.72. The zero-order chi connectivity index (χ0) is 15.7. The van der Waals surface area contributed by atoms with Crippen LogP contribution in [-0.2, 0) is 4.79 Å². The van der Waals surface area contributed by atoms with Crippen molar-refractivity contribution in [1.82, 2.24) is 15.1 Å². The lowest BCUT2D eigenvalue weighted by Gasteiger charge is -2.40. The normalized spacial score (nSPS) is 20.6. The van der Waals surface area contributed by atoms with Gasteiger partial charge in [-0.15, -0.1) is 12.4 Å². The smallest absolute Gasteiger partial charge is 0.228 e. The molecule has 1 aromatic rings. The molecular weight excluding hydrogens is 324 g/mol. The highest BCUT2D eigenvalue weighted by Gasteiger charge is 2.32. The van der Waals surface area contributed by atoms with Crippen LogP contribution in [-0.4, -0.2) is 55.0 Å². The maximum Gasteiger partial charge on any atom is 0.228 e. The third kappa shape index (κ3) is 3.82. The number of carbonyl (C=O) groups excluding carboxylic acids is 1. The topological polar surface area (TPSA) is 35.6 Å². The van der Waals surface area contributed by atoms with E-state index in [-0.39, 0.29) is 30.3 Å². The summed E-state index contributed by atoms with van der Waals surface area (Å²) in [5, 5.41) is 3.11. The first kappa shape index (κ1) is 18.1. The fraction of sp³-hybridized carbons (Fsp3) is 0.562. The predicted octanol–water partition coefficient (Wildman–Crippen LogP) is 1.81. The highest BCUT2D eigenvalue weighted by Crippen LogP contribution is 2.25. The van der Waals surface area contributed by atoms with Gasteiger partial charge >= 0.3 is 0 Å². The molecule has 1 atom stereocenters. The van der Waals surface area contributed by atoms with Crippen LogP contribution >= 0.6 is 12.4 Å². The summed E-state index contributed by atoms with van der Waals surface area (Å²) in [4.78, 5) is 16.2. The Kier molecular flexibility index (Phi) is 5.95. The fourth-order valence-corrected chi connectivity index (χ4v) is 3.09. The number of nitrogens with one attached hydrogen (secondary N) is 1. The molecule has 7 heteroatoms. The summed E-state index contributed by atoms with van der Waals surface area (Å²) in [6, 6.07) is 3.60. The molecule has 1 amide bonds. The molecule has 2 fully saturated rings. The Morgan fingerprint density at radius 3 is 2.39 bits per heavy atom. The Bertz CT molecular complexity index is 560. The quantitative estimate of drug-likeness (QED) is 0.907. The van der Waals surface area contributed by atoms with Gasteiger partial charge in [-0.1, -0.05) is 6.07 Å². The van der Waals surface area contributed by atoms with Crippen molar-refractivity contribution in [3.8, 4) is 0 Å². The van der Waals surface area contributed by atoms with Crippen LogP contribution in [0.1, 0.15) is 18.5 Å². The molecule has 1 unspecified atom stereocenters. The lowest BCUT2D eigenvalue weighted by molar-refractivity contribution is -0.139. The van der Waals surface area contributed by atoms with Crippen LogP contribution in [0.5, 0.6) is 0 Å². The predicted molar refractivity (Wildman–Crippen MR) is 86.5 cm³/mol. The highest BCUT2D eigenvalue weighted by molar-refractivity contribution is 5.85. The van der Waals surface area contributed by atoms with Crippen molar-refractivity contribution in [3.05, 3.63) is 35.4 Å². The number of nitrogens with zero attached hydrogens (tertiary/aromatic N) is 2. The molecule has 1 aromatic carbocycles. The van der Waals surface area contributed by atoms with Crippen molar-refractivity contribution in [2.24, 2.45) is 5.92 Å². The molecule has 2 aliphatic rings. The van der Waals surface area contributed by atoms with Crippen LogP contribution in [0.3, 0.4) is 0 Å². The van der Waals surface area contributed by atoms with E-state index in [1.54, 1.807) is 0 Å². The average molecular weight is 346 g/mol. The van der Waals surface area contributed by atoms with Gasteiger partial charge in [0.25, 0.3) is 0 Å². The third-order valence-electron chi connectivity index (χ3n) is 4.72. The molecule has 0 spiro atoms. The lowest BCUT2D eigenvalue weighted by atomic mass is 10.0. The van der Waals surface area contributed by atoms with E-state index in [1.807, 2.05) is 11.8 Å². The van der Waals surface area contributed by atoms with Gasteiger partial charge in [-0.05, 0) is 13.0 Å². The number of benzene rings is 1. The molecule has 3 rings (SSSR count). The van der Waals surface area contributed by atoms with E-state index in [2.05, 4.69) is 10.2 Å². The van der Waals surface area contributed by atoms with Crippen molar-refractivity contribution >= 4 is 18.3 Å². The van der Waals surface area contributed by atoms with Gasteiger partial charge < -0.3 is 10.2 Å². The maximum atomic E-state index is 13.9. The molecule has 0 aliphatic carbocycles. The van der Waals surface area contributed by atoms with E-state index in [0.29, 0.717) is 31.7 Å². The van der Waals surface area contributed by atoms with Gasteiger partial charge in [-0.3, -0.25) is 9.69 Å². The minimum atomic E-state index is -0.557. The SMILES string of the molecule is CC(c1ccc(F)cc1F)N1CCN(C(=O)C2CNC2)CC1.Cl. The van der Waals surface area contributed by atoms with Gasteiger partial charge in [-0.25, -0.2) is 8.78 Å². The van der Waals surface area contributed by atoms with E-state index >= 15 is 0 Å². The number of carbonyl (C=O) groups is 1. The molecule has 4 nitrogen and oxygen atoms in total. The van der Waals surface area contributed by atoms with Gasteiger partial charge in [0, 0.05) is 56.9 Å². The first-order valence-electron chi connectivity index (χ1n) is 7.75. The van der Waals surface area contributed by atoms with Gasteiger partial charge in [0.05, 0.1) is 5.92 Å². The molecule has 0 bridgehead atoms. The average Bonchev–Trinajstić information content (AvgIpc) is 2.45. The molecule has 2 heterocycles. The van der Waals surface area contributed by atoms with Gasteiger partial charge in [-0.2, -0.15) is 0 Å². The van der Waals surface area contributed by atoms with Crippen molar-refractivity contribution in [3.63, 3.8) is 0 Å². The summed E-state index contributed by atoms with van der Waals surface area (Å²) in [5.74, 6) is -0.720. The molecule has 0 radical (unpaired) electrons. The molecular formula is C16H22ClF2N3O. The molecule has 0 saturated carbocycles. The number of hydrogen-bond acceptors (Lipinski definition) is 3. The molecule has 2 saturated heterocycles. The maximum absolute atomic E-state index is 13.9. The van der Waals surface area contributed by atoms with Gasteiger partial charge in [0.15, 0.2) is 0 Å². The van der Waals surface area contributed by atoms with Crippen LogP contribution in [0, 0.1) is 17.6 Å².